The normalized spacial score (nSPS) is 10.7. The third-order valence-electron chi connectivity index (χ3n) is 3.32. The second-order valence-electron chi connectivity index (χ2n) is 5.01. The van der Waals surface area contributed by atoms with Gasteiger partial charge in [0.1, 0.15) is 0 Å². The van der Waals surface area contributed by atoms with Crippen LogP contribution in [0.2, 0.25) is 0 Å². The number of hydrogen-bond donors (Lipinski definition) is 2. The second-order valence-corrected chi connectivity index (χ2v) is 5.87. The summed E-state index contributed by atoms with van der Waals surface area (Å²) in [5.41, 5.74) is 3.31. The summed E-state index contributed by atoms with van der Waals surface area (Å²) in [5, 5.41) is 24.5. The maximum absolute atomic E-state index is 12.0. The van der Waals surface area contributed by atoms with E-state index in [1.807, 2.05) is 0 Å². The quantitative estimate of drug-likeness (QED) is 0.448. The van der Waals surface area contributed by atoms with Gasteiger partial charge in [0.2, 0.25) is 0 Å². The molecule has 0 saturated heterocycles. The van der Waals surface area contributed by atoms with Crippen molar-refractivity contribution < 1.29 is 19.6 Å². The Morgan fingerprint density at radius 2 is 2.12 bits per heavy atom. The van der Waals surface area contributed by atoms with Gasteiger partial charge in [-0.2, -0.15) is 5.10 Å². The minimum atomic E-state index is -0.579. The molecular weight excluding hydrogens is 394 g/mol. The second kappa shape index (κ2) is 7.75. The number of nitrogens with one attached hydrogen (secondary N) is 1. The van der Waals surface area contributed by atoms with Gasteiger partial charge < -0.3 is 9.84 Å². The molecule has 0 aliphatic carbocycles. The average Bonchev–Trinajstić information content (AvgIpc) is 2.57. The molecule has 0 fully saturated rings. The number of carbonyl (C=O) groups excluding carboxylic acids is 1. The molecule has 0 spiro atoms. The molecule has 0 aliphatic heterocycles. The van der Waals surface area contributed by atoms with Crippen LogP contribution >= 0.6 is 15.9 Å². The van der Waals surface area contributed by atoms with Crippen molar-refractivity contribution in [1.82, 2.24) is 5.43 Å². The van der Waals surface area contributed by atoms with E-state index >= 15 is 0 Å². The number of methoxy groups -OCH3 is 1. The summed E-state index contributed by atoms with van der Waals surface area (Å²) < 4.78 is 5.43. The Morgan fingerprint density at radius 3 is 2.76 bits per heavy atom. The molecule has 25 heavy (non-hydrogen) atoms. The fraction of sp³-hybridized carbons (Fsp3) is 0.125. The molecule has 0 atom stereocenters. The van der Waals surface area contributed by atoms with E-state index in [4.69, 9.17) is 4.74 Å². The van der Waals surface area contributed by atoms with Gasteiger partial charge in [-0.3, -0.25) is 14.9 Å². The van der Waals surface area contributed by atoms with Gasteiger partial charge in [-0.25, -0.2) is 5.43 Å². The number of halogens is 1. The zero-order valence-corrected chi connectivity index (χ0v) is 14.9. The van der Waals surface area contributed by atoms with Crippen molar-refractivity contribution in [1.29, 1.82) is 0 Å². The number of nitro benzene ring substituents is 1. The lowest BCUT2D eigenvalue weighted by Crippen LogP contribution is -2.17. The van der Waals surface area contributed by atoms with Crippen molar-refractivity contribution >= 4 is 33.7 Å². The van der Waals surface area contributed by atoms with Crippen LogP contribution in [0.1, 0.15) is 21.5 Å². The van der Waals surface area contributed by atoms with Crippen molar-refractivity contribution in [2.45, 2.75) is 6.92 Å². The monoisotopic (exact) mass is 407 g/mol. The van der Waals surface area contributed by atoms with E-state index in [1.54, 1.807) is 13.0 Å². The van der Waals surface area contributed by atoms with Crippen molar-refractivity contribution in [3.63, 3.8) is 0 Å². The molecule has 8 nitrogen and oxygen atoms in total. The number of aryl methyl sites for hydroxylation is 1. The van der Waals surface area contributed by atoms with Gasteiger partial charge >= 0.3 is 0 Å². The fourth-order valence-corrected chi connectivity index (χ4v) is 2.46. The highest BCUT2D eigenvalue weighted by molar-refractivity contribution is 9.10. The van der Waals surface area contributed by atoms with Gasteiger partial charge in [0, 0.05) is 17.2 Å². The molecule has 2 aromatic carbocycles. The predicted molar refractivity (Wildman–Crippen MR) is 95.3 cm³/mol. The maximum Gasteiger partial charge on any atom is 0.273 e. The standard InChI is InChI=1S/C16H14BrN3O5/c1-9-3-4-11(7-13(9)20(23)24)16(22)19-18-8-10-5-12(17)15(21)14(6-10)25-2/h3-8,21H,1-2H3,(H,19,22). The lowest BCUT2D eigenvalue weighted by molar-refractivity contribution is -0.385. The van der Waals surface area contributed by atoms with E-state index in [0.717, 1.165) is 0 Å². The average molecular weight is 408 g/mol. The molecule has 2 rings (SSSR count). The van der Waals surface area contributed by atoms with Crippen LogP contribution < -0.4 is 10.2 Å². The smallest absolute Gasteiger partial charge is 0.273 e. The molecule has 0 heterocycles. The SMILES string of the molecule is COc1cc(C=NNC(=O)c2ccc(C)c([N+](=O)[O-])c2)cc(Br)c1O. The van der Waals surface area contributed by atoms with E-state index in [9.17, 15) is 20.0 Å². The topological polar surface area (TPSA) is 114 Å². The Labute approximate surface area is 151 Å². The van der Waals surface area contributed by atoms with Gasteiger partial charge in [0.05, 0.1) is 22.7 Å². The van der Waals surface area contributed by atoms with Crippen LogP contribution in [0.5, 0.6) is 11.5 Å². The molecule has 0 aliphatic rings. The molecule has 0 saturated carbocycles. The largest absolute Gasteiger partial charge is 0.503 e. The van der Waals surface area contributed by atoms with Gasteiger partial charge in [0.15, 0.2) is 11.5 Å². The summed E-state index contributed by atoms with van der Waals surface area (Å²) in [7, 11) is 1.41. The number of aromatic hydroxyl groups is 1. The first-order chi connectivity index (χ1) is 11.8. The van der Waals surface area contributed by atoms with Gasteiger partial charge in [-0.05, 0) is 46.6 Å². The molecule has 1 amide bonds. The first-order valence-corrected chi connectivity index (χ1v) is 7.77. The maximum atomic E-state index is 12.0. The van der Waals surface area contributed by atoms with E-state index in [1.165, 1.54) is 37.6 Å². The highest BCUT2D eigenvalue weighted by Crippen LogP contribution is 2.34. The summed E-state index contributed by atoms with van der Waals surface area (Å²) in [6.45, 7) is 1.59. The third-order valence-corrected chi connectivity index (χ3v) is 3.92. The molecule has 0 radical (unpaired) electrons. The summed E-state index contributed by atoms with van der Waals surface area (Å²) >= 11 is 3.18. The lowest BCUT2D eigenvalue weighted by Gasteiger charge is -2.06. The van der Waals surface area contributed by atoms with Crippen LogP contribution in [0.4, 0.5) is 5.69 Å². The molecule has 2 N–H and O–H groups in total. The molecule has 0 bridgehead atoms. The number of hydrazone groups is 1. The number of amides is 1. The minimum absolute atomic E-state index is 0.0457. The Kier molecular flexibility index (Phi) is 5.71. The van der Waals surface area contributed by atoms with E-state index in [2.05, 4.69) is 26.5 Å². The first kappa shape index (κ1) is 18.4. The first-order valence-electron chi connectivity index (χ1n) is 6.98. The van der Waals surface area contributed by atoms with Crippen LogP contribution in [0.3, 0.4) is 0 Å². The third kappa shape index (κ3) is 4.32. The number of carbonyl (C=O) groups is 1. The number of phenols is 1. The minimum Gasteiger partial charge on any atom is -0.503 e. The van der Waals surface area contributed by atoms with Crippen LogP contribution in [-0.2, 0) is 0 Å². The number of nitrogens with zero attached hydrogens (tertiary/aromatic N) is 2. The summed E-state index contributed by atoms with van der Waals surface area (Å²) in [6.07, 6.45) is 1.35. The highest BCUT2D eigenvalue weighted by Gasteiger charge is 2.14. The van der Waals surface area contributed by atoms with Gasteiger partial charge in [0.25, 0.3) is 11.6 Å². The lowest BCUT2D eigenvalue weighted by atomic mass is 10.1. The molecule has 0 aromatic heterocycles. The van der Waals surface area contributed by atoms with Crippen LogP contribution in [0.25, 0.3) is 0 Å². The Bertz CT molecular complexity index is 867. The Balaban J connectivity index is 2.15. The Hall–Kier alpha value is -2.94. The number of rotatable bonds is 5. The molecule has 0 unspecified atom stereocenters. The number of nitro groups is 1. The van der Waals surface area contributed by atoms with Crippen LogP contribution in [0, 0.1) is 17.0 Å². The number of benzene rings is 2. The highest BCUT2D eigenvalue weighted by atomic mass is 79.9. The summed E-state index contributed by atoms with van der Waals surface area (Å²) in [6, 6.07) is 7.29. The summed E-state index contributed by atoms with van der Waals surface area (Å²) in [5.74, 6) is -0.379. The van der Waals surface area contributed by atoms with Crippen molar-refractivity contribution in [3.8, 4) is 11.5 Å². The van der Waals surface area contributed by atoms with E-state index < -0.39 is 10.8 Å². The van der Waals surface area contributed by atoms with Crippen molar-refractivity contribution in [3.05, 3.63) is 61.6 Å². The van der Waals surface area contributed by atoms with Gasteiger partial charge in [-0.1, -0.05) is 6.07 Å². The predicted octanol–water partition coefficient (Wildman–Crippen LogP) is 3.14. The van der Waals surface area contributed by atoms with E-state index in [-0.39, 0.29) is 22.7 Å². The number of hydrogen-bond acceptors (Lipinski definition) is 6. The zero-order chi connectivity index (χ0) is 18.6. The van der Waals surface area contributed by atoms with Gasteiger partial charge in [-0.15, -0.1) is 0 Å². The van der Waals surface area contributed by atoms with Crippen molar-refractivity contribution in [2.24, 2.45) is 5.10 Å². The fourth-order valence-electron chi connectivity index (χ4n) is 2.00. The molecule has 2 aromatic rings. The van der Waals surface area contributed by atoms with Crippen LogP contribution in [0.15, 0.2) is 39.9 Å². The molecule has 130 valence electrons. The summed E-state index contributed by atoms with van der Waals surface area (Å²) in [4.78, 5) is 22.4. The van der Waals surface area contributed by atoms with Crippen LogP contribution in [-0.4, -0.2) is 29.3 Å². The number of phenolic OH excluding ortho intramolecular Hbond substituents is 1. The number of ether oxygens (including phenoxy) is 1. The Morgan fingerprint density at radius 1 is 1.40 bits per heavy atom. The van der Waals surface area contributed by atoms with Crippen molar-refractivity contribution in [2.75, 3.05) is 7.11 Å². The van der Waals surface area contributed by atoms with E-state index in [0.29, 0.717) is 15.6 Å². The molecule has 9 heteroatoms. The molecular formula is C16H14BrN3O5. The zero-order valence-electron chi connectivity index (χ0n) is 13.3.